The number of ether oxygens (including phenoxy) is 1. The molecule has 0 fully saturated rings. The summed E-state index contributed by atoms with van der Waals surface area (Å²) in [6.07, 6.45) is -1.35. The van der Waals surface area contributed by atoms with Gasteiger partial charge >= 0.3 is 12.0 Å². The molecule has 0 radical (unpaired) electrons. The standard InChI is InChI=1S/C18H14N2O7S/c1-9(16(22)20-18(19)24)27-17(23)10-6-7-12-14(8-10)28(25,26)13-5-3-2-4-11(13)15(12)21/h2-9H,1H3,(H3,19,20,22,24). The molecule has 0 spiro atoms. The molecule has 3 N–H and O–H groups in total. The number of imide groups is 1. The second-order valence-corrected chi connectivity index (χ2v) is 7.83. The highest BCUT2D eigenvalue weighted by atomic mass is 32.2. The van der Waals surface area contributed by atoms with Crippen molar-refractivity contribution in [2.45, 2.75) is 22.8 Å². The van der Waals surface area contributed by atoms with Crippen molar-refractivity contribution in [1.82, 2.24) is 5.32 Å². The normalized spacial score (nSPS) is 15.0. The van der Waals surface area contributed by atoms with E-state index in [1.807, 2.05) is 0 Å². The summed E-state index contributed by atoms with van der Waals surface area (Å²) in [6, 6.07) is 8.14. The van der Waals surface area contributed by atoms with E-state index in [-0.39, 0.29) is 26.5 Å². The molecule has 2 aromatic carbocycles. The summed E-state index contributed by atoms with van der Waals surface area (Å²) in [4.78, 5) is 46.7. The SMILES string of the molecule is CC(OC(=O)c1ccc2c(c1)S(=O)(=O)c1ccccc1C2=O)C(=O)NC(N)=O. The van der Waals surface area contributed by atoms with Crippen molar-refractivity contribution in [1.29, 1.82) is 0 Å². The van der Waals surface area contributed by atoms with Gasteiger partial charge in [-0.2, -0.15) is 0 Å². The molecular weight excluding hydrogens is 388 g/mol. The first kappa shape index (κ1) is 19.2. The minimum absolute atomic E-state index is 0.0575. The molecule has 3 rings (SSSR count). The molecule has 1 aliphatic heterocycles. The summed E-state index contributed by atoms with van der Waals surface area (Å²) in [5.74, 6) is -2.42. The number of nitrogens with two attached hydrogens (primary N) is 1. The van der Waals surface area contributed by atoms with Gasteiger partial charge in [0.25, 0.3) is 5.91 Å². The lowest BCUT2D eigenvalue weighted by Crippen LogP contribution is -2.42. The Bertz CT molecular complexity index is 1140. The Hall–Kier alpha value is -3.53. The molecule has 28 heavy (non-hydrogen) atoms. The highest BCUT2D eigenvalue weighted by Gasteiger charge is 2.35. The molecule has 1 unspecified atom stereocenters. The third-order valence-corrected chi connectivity index (χ3v) is 5.92. The molecule has 0 saturated carbocycles. The maximum absolute atomic E-state index is 12.8. The van der Waals surface area contributed by atoms with Crippen LogP contribution in [0.15, 0.2) is 52.3 Å². The Morgan fingerprint density at radius 2 is 1.68 bits per heavy atom. The number of fused-ring (bicyclic) bond motifs is 2. The van der Waals surface area contributed by atoms with Gasteiger partial charge in [0.2, 0.25) is 9.84 Å². The summed E-state index contributed by atoms with van der Waals surface area (Å²) >= 11 is 0. The van der Waals surface area contributed by atoms with Crippen LogP contribution in [-0.4, -0.2) is 38.2 Å². The maximum atomic E-state index is 12.8. The van der Waals surface area contributed by atoms with Crippen LogP contribution in [0.25, 0.3) is 0 Å². The Labute approximate surface area is 159 Å². The van der Waals surface area contributed by atoms with Crippen LogP contribution >= 0.6 is 0 Å². The number of carbonyl (C=O) groups excluding carboxylic acids is 4. The third-order valence-electron chi connectivity index (χ3n) is 4.07. The number of nitrogens with one attached hydrogen (secondary N) is 1. The molecule has 1 atom stereocenters. The number of sulfone groups is 1. The molecule has 144 valence electrons. The van der Waals surface area contributed by atoms with E-state index in [2.05, 4.69) is 0 Å². The first-order valence-corrected chi connectivity index (χ1v) is 9.45. The van der Waals surface area contributed by atoms with E-state index in [9.17, 15) is 27.6 Å². The first-order chi connectivity index (χ1) is 13.1. The van der Waals surface area contributed by atoms with Gasteiger partial charge in [-0.15, -0.1) is 0 Å². The minimum Gasteiger partial charge on any atom is -0.449 e. The number of primary amides is 1. The fraction of sp³-hybridized carbons (Fsp3) is 0.111. The van der Waals surface area contributed by atoms with Gasteiger partial charge in [0.05, 0.1) is 15.4 Å². The number of urea groups is 1. The van der Waals surface area contributed by atoms with E-state index in [0.29, 0.717) is 0 Å². The zero-order valence-corrected chi connectivity index (χ0v) is 15.3. The van der Waals surface area contributed by atoms with Crippen LogP contribution in [0.4, 0.5) is 4.79 Å². The number of benzene rings is 2. The monoisotopic (exact) mass is 402 g/mol. The Kier molecular flexibility index (Phi) is 4.73. The average molecular weight is 402 g/mol. The van der Waals surface area contributed by atoms with Gasteiger partial charge in [0.1, 0.15) is 0 Å². The van der Waals surface area contributed by atoms with Crippen LogP contribution < -0.4 is 11.1 Å². The number of hydrogen-bond acceptors (Lipinski definition) is 7. The van der Waals surface area contributed by atoms with Crippen molar-refractivity contribution in [3.8, 4) is 0 Å². The predicted molar refractivity (Wildman–Crippen MR) is 94.4 cm³/mol. The van der Waals surface area contributed by atoms with Gasteiger partial charge in [-0.3, -0.25) is 14.9 Å². The summed E-state index contributed by atoms with van der Waals surface area (Å²) in [5.41, 5.74) is 4.65. The zero-order chi connectivity index (χ0) is 20.6. The van der Waals surface area contributed by atoms with Gasteiger partial charge in [-0.25, -0.2) is 18.0 Å². The number of amides is 3. The summed E-state index contributed by atoms with van der Waals surface area (Å²) in [6.45, 7) is 1.21. The molecule has 0 bridgehead atoms. The van der Waals surface area contributed by atoms with Crippen LogP contribution in [0, 0.1) is 0 Å². The number of ketones is 1. The van der Waals surface area contributed by atoms with E-state index in [0.717, 1.165) is 6.07 Å². The van der Waals surface area contributed by atoms with E-state index in [1.165, 1.54) is 37.3 Å². The molecule has 0 aliphatic carbocycles. The Balaban J connectivity index is 1.95. The predicted octanol–water partition coefficient (Wildman–Crippen LogP) is 0.804. The quantitative estimate of drug-likeness (QED) is 0.615. The number of rotatable bonds is 3. The molecule has 9 nitrogen and oxygen atoms in total. The Morgan fingerprint density at radius 3 is 2.36 bits per heavy atom. The maximum Gasteiger partial charge on any atom is 0.338 e. The van der Waals surface area contributed by atoms with Gasteiger partial charge in [0.15, 0.2) is 11.9 Å². The van der Waals surface area contributed by atoms with E-state index >= 15 is 0 Å². The van der Waals surface area contributed by atoms with Crippen LogP contribution in [-0.2, 0) is 19.4 Å². The van der Waals surface area contributed by atoms with Crippen LogP contribution in [0.2, 0.25) is 0 Å². The minimum atomic E-state index is -4.02. The first-order valence-electron chi connectivity index (χ1n) is 7.97. The zero-order valence-electron chi connectivity index (χ0n) is 14.5. The molecule has 1 aliphatic rings. The highest BCUT2D eigenvalue weighted by Crippen LogP contribution is 2.34. The lowest BCUT2D eigenvalue weighted by molar-refractivity contribution is -0.127. The molecular formula is C18H14N2O7S. The van der Waals surface area contributed by atoms with Crippen molar-refractivity contribution in [2.24, 2.45) is 5.73 Å². The lowest BCUT2D eigenvalue weighted by atomic mass is 10.0. The number of carbonyl (C=O) groups is 4. The largest absolute Gasteiger partial charge is 0.449 e. The van der Waals surface area contributed by atoms with E-state index in [1.54, 1.807) is 11.4 Å². The van der Waals surface area contributed by atoms with Gasteiger partial charge < -0.3 is 10.5 Å². The molecule has 0 aromatic heterocycles. The van der Waals surface area contributed by atoms with E-state index in [4.69, 9.17) is 10.5 Å². The highest BCUT2D eigenvalue weighted by molar-refractivity contribution is 7.91. The molecule has 10 heteroatoms. The lowest BCUT2D eigenvalue weighted by Gasteiger charge is -2.19. The summed E-state index contributed by atoms with van der Waals surface area (Å²) < 4.78 is 30.6. The average Bonchev–Trinajstić information content (AvgIpc) is 2.65. The second kappa shape index (κ2) is 6.89. The smallest absolute Gasteiger partial charge is 0.338 e. The van der Waals surface area contributed by atoms with Gasteiger partial charge in [0, 0.05) is 11.1 Å². The molecule has 3 amide bonds. The van der Waals surface area contributed by atoms with Crippen molar-refractivity contribution >= 4 is 33.5 Å². The summed E-state index contributed by atoms with van der Waals surface area (Å²) in [5, 5.41) is 1.76. The second-order valence-electron chi connectivity index (χ2n) is 5.94. The van der Waals surface area contributed by atoms with Crippen LogP contribution in [0.3, 0.4) is 0 Å². The topological polar surface area (TPSA) is 150 Å². The van der Waals surface area contributed by atoms with E-state index < -0.39 is 39.6 Å². The van der Waals surface area contributed by atoms with Crippen molar-refractivity contribution in [3.63, 3.8) is 0 Å². The van der Waals surface area contributed by atoms with Crippen LogP contribution in [0.1, 0.15) is 33.2 Å². The Morgan fingerprint density at radius 1 is 1.04 bits per heavy atom. The van der Waals surface area contributed by atoms with Gasteiger partial charge in [-0.1, -0.05) is 12.1 Å². The third kappa shape index (κ3) is 3.25. The molecule has 0 saturated heterocycles. The molecule has 1 heterocycles. The van der Waals surface area contributed by atoms with Crippen molar-refractivity contribution in [2.75, 3.05) is 0 Å². The van der Waals surface area contributed by atoms with Crippen molar-refractivity contribution in [3.05, 3.63) is 59.2 Å². The van der Waals surface area contributed by atoms with Gasteiger partial charge in [-0.05, 0) is 37.3 Å². The van der Waals surface area contributed by atoms with Crippen LogP contribution in [0.5, 0.6) is 0 Å². The number of esters is 1. The fourth-order valence-electron chi connectivity index (χ4n) is 2.72. The van der Waals surface area contributed by atoms with Crippen molar-refractivity contribution < 1.29 is 32.3 Å². The fourth-order valence-corrected chi connectivity index (χ4v) is 4.39. The molecule has 2 aromatic rings. The number of hydrogen-bond donors (Lipinski definition) is 2. The summed E-state index contributed by atoms with van der Waals surface area (Å²) in [7, 11) is -4.02.